The lowest BCUT2D eigenvalue weighted by molar-refractivity contribution is 0.304. The lowest BCUT2D eigenvalue weighted by Crippen LogP contribution is -1.97. The Kier molecular flexibility index (Phi) is 18.1. The third-order valence-electron chi connectivity index (χ3n) is 8.09. The summed E-state index contributed by atoms with van der Waals surface area (Å²) in [4.78, 5) is 8.91. The van der Waals surface area contributed by atoms with Crippen molar-refractivity contribution in [2.24, 2.45) is 9.98 Å². The average molecular weight is 629 g/mol. The molecule has 0 spiro atoms. The van der Waals surface area contributed by atoms with Gasteiger partial charge in [0.05, 0.1) is 24.6 Å². The zero-order valence-electron chi connectivity index (χ0n) is 28.3. The molecule has 6 nitrogen and oxygen atoms in total. The topological polar surface area (TPSA) is 83.6 Å². The van der Waals surface area contributed by atoms with E-state index in [2.05, 4.69) is 23.8 Å². The van der Waals surface area contributed by atoms with E-state index in [1.807, 2.05) is 48.5 Å². The number of hydrogen-bond donors (Lipinski definition) is 2. The molecule has 0 aliphatic carbocycles. The van der Waals surface area contributed by atoms with Crippen LogP contribution in [0.15, 0.2) is 70.6 Å². The Morgan fingerprint density at radius 2 is 0.804 bits per heavy atom. The maximum Gasteiger partial charge on any atom is 0.125 e. The second-order valence-corrected chi connectivity index (χ2v) is 12.1. The van der Waals surface area contributed by atoms with Gasteiger partial charge in [0.2, 0.25) is 0 Å². The molecule has 2 N–H and O–H groups in total. The highest BCUT2D eigenvalue weighted by Crippen LogP contribution is 2.27. The average Bonchev–Trinajstić information content (AvgIpc) is 3.07. The maximum absolute atomic E-state index is 10.6. The molecule has 0 saturated heterocycles. The molecule has 3 aromatic carbocycles. The van der Waals surface area contributed by atoms with Crippen LogP contribution >= 0.6 is 0 Å². The van der Waals surface area contributed by atoms with Crippen molar-refractivity contribution in [3.05, 3.63) is 71.8 Å². The van der Waals surface area contributed by atoms with Gasteiger partial charge in [0.15, 0.2) is 0 Å². The number of nitrogens with zero attached hydrogens (tertiary/aromatic N) is 2. The van der Waals surface area contributed by atoms with Crippen molar-refractivity contribution in [1.29, 1.82) is 0 Å². The molecule has 250 valence electrons. The van der Waals surface area contributed by atoms with Crippen molar-refractivity contribution >= 4 is 23.8 Å². The molecule has 0 unspecified atom stereocenters. The van der Waals surface area contributed by atoms with Gasteiger partial charge in [-0.2, -0.15) is 0 Å². The van der Waals surface area contributed by atoms with Gasteiger partial charge in [-0.3, -0.25) is 9.98 Å². The lowest BCUT2D eigenvalue weighted by Gasteiger charge is -2.07. The van der Waals surface area contributed by atoms with Crippen LogP contribution in [0.5, 0.6) is 23.0 Å². The molecule has 46 heavy (non-hydrogen) atoms. The number of ether oxygens (including phenoxy) is 2. The van der Waals surface area contributed by atoms with Gasteiger partial charge in [0, 0.05) is 23.6 Å². The molecule has 0 atom stereocenters. The van der Waals surface area contributed by atoms with Gasteiger partial charge in [0.25, 0.3) is 0 Å². The van der Waals surface area contributed by atoms with Crippen molar-refractivity contribution in [3.63, 3.8) is 0 Å². The summed E-state index contributed by atoms with van der Waals surface area (Å²) < 4.78 is 11.7. The summed E-state index contributed by atoms with van der Waals surface area (Å²) in [6.07, 6.45) is 23.5. The van der Waals surface area contributed by atoms with Crippen LogP contribution in [-0.2, 0) is 0 Å². The van der Waals surface area contributed by atoms with Gasteiger partial charge < -0.3 is 19.7 Å². The van der Waals surface area contributed by atoms with Crippen LogP contribution in [0.1, 0.15) is 128 Å². The molecule has 0 saturated carbocycles. The summed E-state index contributed by atoms with van der Waals surface area (Å²) in [5.74, 6) is 1.68. The first-order valence-corrected chi connectivity index (χ1v) is 17.7. The smallest absolute Gasteiger partial charge is 0.125 e. The minimum Gasteiger partial charge on any atom is -0.507 e. The van der Waals surface area contributed by atoms with Gasteiger partial charge in [-0.05, 0) is 73.5 Å². The van der Waals surface area contributed by atoms with Gasteiger partial charge in [0.1, 0.15) is 23.0 Å². The summed E-state index contributed by atoms with van der Waals surface area (Å²) in [5, 5.41) is 21.1. The SMILES string of the molecule is CCCCCCCCCCOc1ccc(N=Cc2cc(O)c(C=Nc3ccc(OCCCCCCCCCC)cc3)cc2O)cc1. The zero-order valence-corrected chi connectivity index (χ0v) is 28.3. The number of hydrogen-bond acceptors (Lipinski definition) is 6. The number of unbranched alkanes of at least 4 members (excludes halogenated alkanes) is 14. The van der Waals surface area contributed by atoms with E-state index in [0.29, 0.717) is 11.1 Å². The molecule has 0 fully saturated rings. The van der Waals surface area contributed by atoms with E-state index in [0.717, 1.165) is 48.9 Å². The highest BCUT2D eigenvalue weighted by atomic mass is 16.5. The number of aromatic hydroxyl groups is 2. The van der Waals surface area contributed by atoms with Gasteiger partial charge in [-0.15, -0.1) is 0 Å². The van der Waals surface area contributed by atoms with E-state index in [1.165, 1.54) is 102 Å². The van der Waals surface area contributed by atoms with Crippen molar-refractivity contribution < 1.29 is 19.7 Å². The highest BCUT2D eigenvalue weighted by Gasteiger charge is 2.07. The van der Waals surface area contributed by atoms with Crippen LogP contribution in [0.2, 0.25) is 0 Å². The fourth-order valence-corrected chi connectivity index (χ4v) is 5.21. The Morgan fingerprint density at radius 1 is 0.478 bits per heavy atom. The Labute approximate surface area is 277 Å². The monoisotopic (exact) mass is 628 g/mol. The van der Waals surface area contributed by atoms with E-state index in [9.17, 15) is 10.2 Å². The normalized spacial score (nSPS) is 11.5. The highest BCUT2D eigenvalue weighted by molar-refractivity contribution is 5.91. The first-order chi connectivity index (χ1) is 22.6. The predicted molar refractivity (Wildman–Crippen MR) is 193 cm³/mol. The summed E-state index contributed by atoms with van der Waals surface area (Å²) in [5.41, 5.74) is 2.30. The minimum atomic E-state index is 0.0121. The van der Waals surface area contributed by atoms with Crippen molar-refractivity contribution in [1.82, 2.24) is 0 Å². The van der Waals surface area contributed by atoms with Crippen molar-refractivity contribution in [2.45, 2.75) is 117 Å². The van der Waals surface area contributed by atoms with E-state index in [1.54, 1.807) is 12.4 Å². The number of rotatable bonds is 24. The zero-order chi connectivity index (χ0) is 32.7. The summed E-state index contributed by atoms with van der Waals surface area (Å²) in [7, 11) is 0. The molecule has 0 radical (unpaired) electrons. The number of aliphatic imine (C=N–C) groups is 2. The first kappa shape index (κ1) is 36.7. The largest absolute Gasteiger partial charge is 0.507 e. The van der Waals surface area contributed by atoms with E-state index < -0.39 is 0 Å². The van der Waals surface area contributed by atoms with Crippen LogP contribution in [0.25, 0.3) is 0 Å². The second-order valence-electron chi connectivity index (χ2n) is 12.1. The molecule has 6 heteroatoms. The Balaban J connectivity index is 1.39. The fraction of sp³-hybridized carbons (Fsp3) is 0.500. The van der Waals surface area contributed by atoms with Crippen LogP contribution < -0.4 is 9.47 Å². The van der Waals surface area contributed by atoms with Crippen LogP contribution in [-0.4, -0.2) is 35.9 Å². The Morgan fingerprint density at radius 3 is 1.15 bits per heavy atom. The second kappa shape index (κ2) is 22.7. The molecule has 0 bridgehead atoms. The van der Waals surface area contributed by atoms with Gasteiger partial charge >= 0.3 is 0 Å². The van der Waals surface area contributed by atoms with Crippen LogP contribution in [0, 0.1) is 0 Å². The summed E-state index contributed by atoms with van der Waals surface area (Å²) in [6.45, 7) is 5.94. The third kappa shape index (κ3) is 15.0. The van der Waals surface area contributed by atoms with Gasteiger partial charge in [-0.1, -0.05) is 104 Å². The third-order valence-corrected chi connectivity index (χ3v) is 8.09. The lowest BCUT2D eigenvalue weighted by atomic mass is 10.1. The van der Waals surface area contributed by atoms with Gasteiger partial charge in [-0.25, -0.2) is 0 Å². The predicted octanol–water partition coefficient (Wildman–Crippen LogP) is 11.6. The van der Waals surface area contributed by atoms with Crippen molar-refractivity contribution in [3.8, 4) is 23.0 Å². The van der Waals surface area contributed by atoms with E-state index in [-0.39, 0.29) is 11.5 Å². The van der Waals surface area contributed by atoms with E-state index in [4.69, 9.17) is 9.47 Å². The molecular weight excluding hydrogens is 572 g/mol. The van der Waals surface area contributed by atoms with Crippen LogP contribution in [0.4, 0.5) is 11.4 Å². The quantitative estimate of drug-likeness (QED) is 0.0587. The number of phenols is 2. The standard InChI is InChI=1S/C40H56N2O4/c1-3-5-7-9-11-13-15-17-27-45-37-23-19-35(20-24-37)41-31-33-29-40(44)34(30-39(33)43)32-42-36-21-25-38(26-22-36)46-28-18-16-14-12-10-8-6-4-2/h19-26,29-32,43-44H,3-18,27-28H2,1-2H3. The van der Waals surface area contributed by atoms with E-state index >= 15 is 0 Å². The Hall–Kier alpha value is -3.80. The minimum absolute atomic E-state index is 0.0121. The fourth-order valence-electron chi connectivity index (χ4n) is 5.21. The Bertz CT molecular complexity index is 1180. The molecule has 3 rings (SSSR count). The maximum atomic E-state index is 10.6. The molecular formula is C40H56N2O4. The van der Waals surface area contributed by atoms with Crippen molar-refractivity contribution in [2.75, 3.05) is 13.2 Å². The molecule has 0 heterocycles. The van der Waals surface area contributed by atoms with Crippen LogP contribution in [0.3, 0.4) is 0 Å². The molecule has 0 aliphatic rings. The molecule has 0 aromatic heterocycles. The number of benzene rings is 3. The molecule has 0 amide bonds. The number of phenolic OH excluding ortho intramolecular Hbond substituents is 2. The summed E-state index contributed by atoms with van der Waals surface area (Å²) >= 11 is 0. The first-order valence-electron chi connectivity index (χ1n) is 17.7. The summed E-state index contributed by atoms with van der Waals surface area (Å²) in [6, 6.07) is 18.1. The molecule has 3 aromatic rings. The molecule has 0 aliphatic heterocycles.